The molecular formula is C13H14N6. The van der Waals surface area contributed by atoms with Crippen LogP contribution in [0.5, 0.6) is 0 Å². The van der Waals surface area contributed by atoms with Crippen LogP contribution in [-0.2, 0) is 6.42 Å². The molecule has 0 saturated heterocycles. The Kier molecular flexibility index (Phi) is 4.64. The monoisotopic (exact) mass is 254 g/mol. The largest absolute Gasteiger partial charge is 0.370 e. The van der Waals surface area contributed by atoms with Gasteiger partial charge in [0.05, 0.1) is 6.07 Å². The smallest absolute Gasteiger partial charge is 0.132 e. The minimum Gasteiger partial charge on any atom is -0.370 e. The number of pyridine rings is 1. The summed E-state index contributed by atoms with van der Waals surface area (Å²) in [7, 11) is 0. The summed E-state index contributed by atoms with van der Waals surface area (Å²) < 4.78 is 0. The second-order valence-corrected chi connectivity index (χ2v) is 3.83. The molecule has 2 heterocycles. The van der Waals surface area contributed by atoms with Crippen molar-refractivity contribution < 1.29 is 0 Å². The molecule has 0 atom stereocenters. The maximum atomic E-state index is 8.49. The Bertz CT molecular complexity index is 549. The van der Waals surface area contributed by atoms with Gasteiger partial charge in [0, 0.05) is 25.0 Å². The van der Waals surface area contributed by atoms with E-state index in [1.807, 2.05) is 18.2 Å². The third kappa shape index (κ3) is 4.24. The molecule has 0 bridgehead atoms. The molecule has 0 amide bonds. The van der Waals surface area contributed by atoms with Gasteiger partial charge in [0.1, 0.15) is 24.5 Å². The van der Waals surface area contributed by atoms with E-state index in [0.29, 0.717) is 5.82 Å². The van der Waals surface area contributed by atoms with Crippen LogP contribution in [0.1, 0.15) is 5.56 Å². The van der Waals surface area contributed by atoms with E-state index in [9.17, 15) is 0 Å². The molecule has 0 spiro atoms. The fraction of sp³-hybridized carbons (Fsp3) is 0.231. The Morgan fingerprint density at radius 2 is 1.84 bits per heavy atom. The quantitative estimate of drug-likeness (QED) is 0.759. The summed E-state index contributed by atoms with van der Waals surface area (Å²) in [6.45, 7) is 1.01. The van der Waals surface area contributed by atoms with E-state index < -0.39 is 0 Å². The molecular weight excluding hydrogens is 240 g/mol. The van der Waals surface area contributed by atoms with Crippen molar-refractivity contribution in [3.63, 3.8) is 0 Å². The lowest BCUT2D eigenvalue weighted by molar-refractivity contribution is 0.993. The molecule has 0 fully saturated rings. The van der Waals surface area contributed by atoms with Gasteiger partial charge in [-0.25, -0.2) is 9.97 Å². The van der Waals surface area contributed by atoms with Crippen molar-refractivity contribution in [2.75, 3.05) is 23.7 Å². The second-order valence-electron chi connectivity index (χ2n) is 3.83. The standard InChI is InChI=1S/C13H14N6/c14-4-8-17-13-9-12(18-10-19-13)16-7-3-11-1-5-15-6-2-11/h1-2,5-6,9-10H,3,7-8H2,(H2,16,17,18,19). The van der Waals surface area contributed by atoms with Crippen LogP contribution in [0.15, 0.2) is 36.9 Å². The molecule has 2 N–H and O–H groups in total. The maximum absolute atomic E-state index is 8.49. The van der Waals surface area contributed by atoms with E-state index >= 15 is 0 Å². The van der Waals surface area contributed by atoms with Crippen LogP contribution >= 0.6 is 0 Å². The fourth-order valence-electron chi connectivity index (χ4n) is 1.57. The van der Waals surface area contributed by atoms with E-state index in [4.69, 9.17) is 5.26 Å². The summed E-state index contributed by atoms with van der Waals surface area (Å²) in [6.07, 6.45) is 5.93. The van der Waals surface area contributed by atoms with Gasteiger partial charge in [-0.05, 0) is 24.1 Å². The molecule has 2 aromatic heterocycles. The number of nitrogens with zero attached hydrogens (tertiary/aromatic N) is 4. The molecule has 0 aromatic carbocycles. The van der Waals surface area contributed by atoms with Crippen molar-refractivity contribution >= 4 is 11.6 Å². The summed E-state index contributed by atoms with van der Waals surface area (Å²) in [5.41, 5.74) is 1.22. The molecule has 0 saturated carbocycles. The number of rotatable bonds is 6. The average molecular weight is 254 g/mol. The summed E-state index contributed by atoms with van der Waals surface area (Å²) in [5.74, 6) is 1.38. The summed E-state index contributed by atoms with van der Waals surface area (Å²) in [4.78, 5) is 12.1. The van der Waals surface area contributed by atoms with E-state index in [0.717, 1.165) is 18.8 Å². The normalized spacial score (nSPS) is 9.63. The van der Waals surface area contributed by atoms with Gasteiger partial charge in [0.25, 0.3) is 0 Å². The minimum atomic E-state index is 0.230. The average Bonchev–Trinajstić information content (AvgIpc) is 2.47. The third-order valence-electron chi connectivity index (χ3n) is 2.48. The number of anilines is 2. The lowest BCUT2D eigenvalue weighted by Gasteiger charge is -2.07. The van der Waals surface area contributed by atoms with Crippen molar-refractivity contribution in [1.82, 2.24) is 15.0 Å². The van der Waals surface area contributed by atoms with Gasteiger partial charge >= 0.3 is 0 Å². The van der Waals surface area contributed by atoms with Crippen molar-refractivity contribution in [1.29, 1.82) is 5.26 Å². The summed E-state index contributed by atoms with van der Waals surface area (Å²) in [6, 6.07) is 7.76. The minimum absolute atomic E-state index is 0.230. The van der Waals surface area contributed by atoms with Crippen molar-refractivity contribution in [2.24, 2.45) is 0 Å². The molecule has 2 aromatic rings. The van der Waals surface area contributed by atoms with Crippen LogP contribution in [0.2, 0.25) is 0 Å². The Labute approximate surface area is 111 Å². The van der Waals surface area contributed by atoms with Crippen molar-refractivity contribution in [3.8, 4) is 6.07 Å². The summed E-state index contributed by atoms with van der Waals surface area (Å²) in [5, 5.41) is 14.6. The lowest BCUT2D eigenvalue weighted by atomic mass is 10.2. The Morgan fingerprint density at radius 3 is 2.58 bits per heavy atom. The molecule has 0 aliphatic carbocycles. The first-order valence-electron chi connectivity index (χ1n) is 5.94. The molecule has 0 unspecified atom stereocenters. The topological polar surface area (TPSA) is 86.5 Å². The van der Waals surface area contributed by atoms with Crippen LogP contribution < -0.4 is 10.6 Å². The first-order valence-corrected chi connectivity index (χ1v) is 5.94. The van der Waals surface area contributed by atoms with Crippen LogP contribution in [-0.4, -0.2) is 28.0 Å². The number of nitrogens with one attached hydrogen (secondary N) is 2. The number of hydrogen-bond donors (Lipinski definition) is 2. The fourth-order valence-corrected chi connectivity index (χ4v) is 1.57. The molecule has 0 aliphatic rings. The van der Waals surface area contributed by atoms with Crippen LogP contribution in [0.3, 0.4) is 0 Å². The van der Waals surface area contributed by atoms with Gasteiger partial charge in [0.15, 0.2) is 0 Å². The van der Waals surface area contributed by atoms with Gasteiger partial charge in [0.2, 0.25) is 0 Å². The Morgan fingerprint density at radius 1 is 1.11 bits per heavy atom. The first kappa shape index (κ1) is 12.8. The van der Waals surface area contributed by atoms with Gasteiger partial charge in [-0.2, -0.15) is 5.26 Å². The highest BCUT2D eigenvalue weighted by molar-refractivity contribution is 5.46. The van der Waals surface area contributed by atoms with Gasteiger partial charge in [-0.15, -0.1) is 0 Å². The lowest BCUT2D eigenvalue weighted by Crippen LogP contribution is -2.08. The molecule has 96 valence electrons. The number of nitriles is 1. The van der Waals surface area contributed by atoms with E-state index in [-0.39, 0.29) is 6.54 Å². The van der Waals surface area contributed by atoms with Crippen molar-refractivity contribution in [2.45, 2.75) is 6.42 Å². The highest BCUT2D eigenvalue weighted by Gasteiger charge is 1.98. The molecule has 0 aliphatic heterocycles. The highest BCUT2D eigenvalue weighted by atomic mass is 15.1. The van der Waals surface area contributed by atoms with Crippen molar-refractivity contribution in [3.05, 3.63) is 42.5 Å². The Balaban J connectivity index is 1.84. The Hall–Kier alpha value is -2.68. The molecule has 0 radical (unpaired) electrons. The van der Waals surface area contributed by atoms with Crippen LogP contribution in [0, 0.1) is 11.3 Å². The molecule has 19 heavy (non-hydrogen) atoms. The highest BCUT2D eigenvalue weighted by Crippen LogP contribution is 2.08. The number of aromatic nitrogens is 3. The predicted molar refractivity (Wildman–Crippen MR) is 72.6 cm³/mol. The van der Waals surface area contributed by atoms with E-state index in [2.05, 4.69) is 25.6 Å². The van der Waals surface area contributed by atoms with Crippen LogP contribution in [0.4, 0.5) is 11.6 Å². The van der Waals surface area contributed by atoms with E-state index in [1.54, 1.807) is 18.5 Å². The van der Waals surface area contributed by atoms with E-state index in [1.165, 1.54) is 11.9 Å². The second kappa shape index (κ2) is 6.91. The van der Waals surface area contributed by atoms with Crippen LogP contribution in [0.25, 0.3) is 0 Å². The third-order valence-corrected chi connectivity index (χ3v) is 2.48. The zero-order chi connectivity index (χ0) is 13.3. The van der Waals surface area contributed by atoms with Gasteiger partial charge in [-0.3, -0.25) is 4.98 Å². The zero-order valence-corrected chi connectivity index (χ0v) is 10.4. The van der Waals surface area contributed by atoms with Gasteiger partial charge in [-0.1, -0.05) is 0 Å². The SMILES string of the molecule is N#CCNc1cc(NCCc2ccncc2)ncn1. The van der Waals surface area contributed by atoms with Gasteiger partial charge < -0.3 is 10.6 Å². The first-order chi connectivity index (χ1) is 9.38. The molecule has 6 heteroatoms. The molecule has 2 rings (SSSR count). The summed E-state index contributed by atoms with van der Waals surface area (Å²) >= 11 is 0. The zero-order valence-electron chi connectivity index (χ0n) is 10.4. The maximum Gasteiger partial charge on any atom is 0.132 e. The number of hydrogen-bond acceptors (Lipinski definition) is 6. The molecule has 6 nitrogen and oxygen atoms in total. The predicted octanol–water partition coefficient (Wildman–Crippen LogP) is 1.46.